The van der Waals surface area contributed by atoms with E-state index in [2.05, 4.69) is 4.90 Å². The van der Waals surface area contributed by atoms with E-state index in [1.165, 1.54) is 0 Å². The molecule has 5 nitrogen and oxygen atoms in total. The van der Waals surface area contributed by atoms with E-state index in [9.17, 15) is 5.11 Å². The van der Waals surface area contributed by atoms with Crippen molar-refractivity contribution in [2.75, 3.05) is 38.6 Å². The zero-order chi connectivity index (χ0) is 19.1. The van der Waals surface area contributed by atoms with Crippen molar-refractivity contribution < 1.29 is 14.6 Å². The van der Waals surface area contributed by atoms with Crippen molar-refractivity contribution in [1.29, 1.82) is 0 Å². The second kappa shape index (κ2) is 9.83. The fraction of sp³-hybridized carbons (Fsp3) is 0.429. The molecule has 3 N–H and O–H groups in total. The summed E-state index contributed by atoms with van der Waals surface area (Å²) >= 11 is 5.86. The van der Waals surface area contributed by atoms with Crippen molar-refractivity contribution in [3.63, 3.8) is 0 Å². The Labute approximate surface area is 165 Å². The summed E-state index contributed by atoms with van der Waals surface area (Å²) in [5.41, 5.74) is 6.43. The van der Waals surface area contributed by atoms with Crippen LogP contribution in [0.25, 0.3) is 0 Å². The highest BCUT2D eigenvalue weighted by Gasteiger charge is 2.22. The third-order valence-corrected chi connectivity index (χ3v) is 4.95. The number of nitrogens with zero attached hydrogens (tertiary/aromatic N) is 1. The fourth-order valence-electron chi connectivity index (χ4n) is 3.31. The van der Waals surface area contributed by atoms with Gasteiger partial charge in [0, 0.05) is 29.7 Å². The van der Waals surface area contributed by atoms with Gasteiger partial charge in [-0.15, -0.1) is 0 Å². The van der Waals surface area contributed by atoms with Gasteiger partial charge in [-0.3, -0.25) is 0 Å². The lowest BCUT2D eigenvalue weighted by atomic mass is 9.98. The molecule has 146 valence electrons. The van der Waals surface area contributed by atoms with E-state index in [0.717, 1.165) is 37.4 Å². The third kappa shape index (κ3) is 6.61. The first-order valence-electron chi connectivity index (χ1n) is 9.35. The Morgan fingerprint density at radius 1 is 1.07 bits per heavy atom. The molecule has 1 aliphatic heterocycles. The molecule has 27 heavy (non-hydrogen) atoms. The van der Waals surface area contributed by atoms with E-state index >= 15 is 0 Å². The van der Waals surface area contributed by atoms with Crippen LogP contribution >= 0.6 is 11.6 Å². The molecular formula is C21H27ClN2O3. The standard InChI is InChI=1S/C21H27ClN2O3/c22-17-3-7-20(8-4-17)27-15-19(25)13-24-11-1-2-16(12-24)14-26-21-9-5-18(23)6-10-21/h3-10,16,19,25H,1-2,11-15,23H2. The number of piperidine rings is 1. The van der Waals surface area contributed by atoms with Crippen molar-refractivity contribution in [3.8, 4) is 11.5 Å². The molecule has 1 saturated heterocycles. The van der Waals surface area contributed by atoms with Gasteiger partial charge in [0.2, 0.25) is 0 Å². The first-order valence-corrected chi connectivity index (χ1v) is 9.73. The quantitative estimate of drug-likeness (QED) is 0.676. The summed E-state index contributed by atoms with van der Waals surface area (Å²) in [5.74, 6) is 2.02. The molecule has 0 saturated carbocycles. The van der Waals surface area contributed by atoms with Gasteiger partial charge in [0.15, 0.2) is 0 Å². The second-order valence-electron chi connectivity index (χ2n) is 7.07. The summed E-state index contributed by atoms with van der Waals surface area (Å²) in [4.78, 5) is 2.29. The Balaban J connectivity index is 1.39. The summed E-state index contributed by atoms with van der Waals surface area (Å²) < 4.78 is 11.5. The van der Waals surface area contributed by atoms with Gasteiger partial charge in [-0.2, -0.15) is 0 Å². The minimum Gasteiger partial charge on any atom is -0.493 e. The maximum absolute atomic E-state index is 10.3. The van der Waals surface area contributed by atoms with Gasteiger partial charge in [0.1, 0.15) is 24.2 Å². The van der Waals surface area contributed by atoms with Gasteiger partial charge in [-0.25, -0.2) is 0 Å². The number of rotatable bonds is 8. The topological polar surface area (TPSA) is 68.0 Å². The molecule has 6 heteroatoms. The number of hydrogen-bond acceptors (Lipinski definition) is 5. The van der Waals surface area contributed by atoms with E-state index in [4.69, 9.17) is 26.8 Å². The van der Waals surface area contributed by atoms with Crippen LogP contribution < -0.4 is 15.2 Å². The number of β-amino-alcohol motifs (C(OH)–C–C–N with tert-alkyl or cyclic N) is 1. The van der Waals surface area contributed by atoms with Gasteiger partial charge in [-0.1, -0.05) is 11.6 Å². The smallest absolute Gasteiger partial charge is 0.119 e. The summed E-state index contributed by atoms with van der Waals surface area (Å²) in [6.07, 6.45) is 1.72. The van der Waals surface area contributed by atoms with Crippen LogP contribution in [0.4, 0.5) is 5.69 Å². The van der Waals surface area contributed by atoms with E-state index < -0.39 is 6.10 Å². The Morgan fingerprint density at radius 2 is 1.74 bits per heavy atom. The van der Waals surface area contributed by atoms with Crippen molar-refractivity contribution >= 4 is 17.3 Å². The molecule has 0 aromatic heterocycles. The van der Waals surface area contributed by atoms with E-state index in [1.54, 1.807) is 24.3 Å². The van der Waals surface area contributed by atoms with Crippen LogP contribution in [-0.2, 0) is 0 Å². The van der Waals surface area contributed by atoms with Crippen LogP contribution in [0.15, 0.2) is 48.5 Å². The number of benzene rings is 2. The molecule has 0 radical (unpaired) electrons. The summed E-state index contributed by atoms with van der Waals surface area (Å²) in [6.45, 7) is 3.47. The second-order valence-corrected chi connectivity index (χ2v) is 7.50. The number of hydrogen-bond donors (Lipinski definition) is 2. The van der Waals surface area contributed by atoms with Gasteiger partial charge in [0.05, 0.1) is 6.61 Å². The van der Waals surface area contributed by atoms with Crippen molar-refractivity contribution in [3.05, 3.63) is 53.6 Å². The van der Waals surface area contributed by atoms with E-state index in [0.29, 0.717) is 29.8 Å². The zero-order valence-corrected chi connectivity index (χ0v) is 16.1. The maximum atomic E-state index is 10.3. The molecule has 0 amide bonds. The van der Waals surface area contributed by atoms with Crippen LogP contribution in [0.5, 0.6) is 11.5 Å². The lowest BCUT2D eigenvalue weighted by Crippen LogP contribution is -2.43. The SMILES string of the molecule is Nc1ccc(OCC2CCCN(CC(O)COc3ccc(Cl)cc3)C2)cc1. The van der Waals surface area contributed by atoms with Crippen molar-refractivity contribution in [2.45, 2.75) is 18.9 Å². The van der Waals surface area contributed by atoms with Crippen molar-refractivity contribution in [1.82, 2.24) is 4.90 Å². The first-order chi connectivity index (χ1) is 13.1. The van der Waals surface area contributed by atoms with Crippen molar-refractivity contribution in [2.24, 2.45) is 5.92 Å². The number of aliphatic hydroxyl groups is 1. The highest BCUT2D eigenvalue weighted by molar-refractivity contribution is 6.30. The molecule has 1 fully saturated rings. The third-order valence-electron chi connectivity index (χ3n) is 4.69. The van der Waals surface area contributed by atoms with Gasteiger partial charge in [0.25, 0.3) is 0 Å². The average Bonchev–Trinajstić information content (AvgIpc) is 2.67. The average molecular weight is 391 g/mol. The number of anilines is 1. The molecule has 2 aromatic rings. The molecule has 2 aromatic carbocycles. The number of ether oxygens (including phenoxy) is 2. The largest absolute Gasteiger partial charge is 0.493 e. The molecule has 0 spiro atoms. The number of halogens is 1. The van der Waals surface area contributed by atoms with E-state index in [-0.39, 0.29) is 6.61 Å². The molecule has 2 atom stereocenters. The minimum absolute atomic E-state index is 0.269. The van der Waals surface area contributed by atoms with Crippen LogP contribution in [0, 0.1) is 5.92 Å². The Kier molecular flexibility index (Phi) is 7.21. The predicted molar refractivity (Wildman–Crippen MR) is 108 cm³/mol. The van der Waals surface area contributed by atoms with E-state index in [1.807, 2.05) is 24.3 Å². The zero-order valence-electron chi connectivity index (χ0n) is 15.4. The number of aliphatic hydroxyl groups excluding tert-OH is 1. The van der Waals surface area contributed by atoms with Crippen LogP contribution in [-0.4, -0.2) is 49.0 Å². The lowest BCUT2D eigenvalue weighted by Gasteiger charge is -2.33. The first kappa shape index (κ1) is 19.8. The number of nitrogens with two attached hydrogens (primary N) is 1. The van der Waals surface area contributed by atoms with Gasteiger partial charge < -0.3 is 25.2 Å². The molecule has 2 unspecified atom stereocenters. The van der Waals surface area contributed by atoms with Crippen LogP contribution in [0.2, 0.25) is 5.02 Å². The maximum Gasteiger partial charge on any atom is 0.119 e. The van der Waals surface area contributed by atoms with Crippen LogP contribution in [0.1, 0.15) is 12.8 Å². The van der Waals surface area contributed by atoms with Gasteiger partial charge >= 0.3 is 0 Å². The summed E-state index contributed by atoms with van der Waals surface area (Å²) in [6, 6.07) is 14.7. The summed E-state index contributed by atoms with van der Waals surface area (Å²) in [7, 11) is 0. The molecule has 0 aliphatic carbocycles. The molecular weight excluding hydrogens is 364 g/mol. The Bertz CT molecular complexity index is 692. The summed E-state index contributed by atoms with van der Waals surface area (Å²) in [5, 5.41) is 11.0. The van der Waals surface area contributed by atoms with Gasteiger partial charge in [-0.05, 0) is 67.9 Å². The lowest BCUT2D eigenvalue weighted by molar-refractivity contribution is 0.0451. The number of nitrogen functional groups attached to an aromatic ring is 1. The normalized spacial score (nSPS) is 18.8. The Morgan fingerprint density at radius 3 is 2.48 bits per heavy atom. The molecule has 1 heterocycles. The molecule has 0 bridgehead atoms. The highest BCUT2D eigenvalue weighted by atomic mass is 35.5. The van der Waals surface area contributed by atoms with Crippen LogP contribution in [0.3, 0.4) is 0 Å². The molecule has 3 rings (SSSR count). The number of likely N-dealkylation sites (tertiary alicyclic amines) is 1. The predicted octanol–water partition coefficient (Wildman–Crippen LogP) is 3.45. The fourth-order valence-corrected chi connectivity index (χ4v) is 3.43. The monoisotopic (exact) mass is 390 g/mol. The Hall–Kier alpha value is -1.95. The highest BCUT2D eigenvalue weighted by Crippen LogP contribution is 2.20. The molecule has 1 aliphatic rings. The minimum atomic E-state index is -0.530.